The van der Waals surface area contributed by atoms with E-state index in [4.69, 9.17) is 9.84 Å². The summed E-state index contributed by atoms with van der Waals surface area (Å²) in [5, 5.41) is 9.99. The highest BCUT2D eigenvalue weighted by Gasteiger charge is 2.51. The van der Waals surface area contributed by atoms with E-state index in [2.05, 4.69) is 81.6 Å². The van der Waals surface area contributed by atoms with Crippen LogP contribution in [0.25, 0.3) is 10.8 Å². The van der Waals surface area contributed by atoms with Gasteiger partial charge in [-0.15, -0.1) is 0 Å². The molecule has 0 radical (unpaired) electrons. The van der Waals surface area contributed by atoms with Gasteiger partial charge < -0.3 is 4.74 Å². The fourth-order valence-corrected chi connectivity index (χ4v) is 5.43. The second kappa shape index (κ2) is 6.08. The third kappa shape index (κ3) is 2.44. The van der Waals surface area contributed by atoms with Crippen molar-refractivity contribution in [1.29, 1.82) is 0 Å². The lowest BCUT2D eigenvalue weighted by Gasteiger charge is -2.45. The smallest absolute Gasteiger partial charge is 0.198 e. The van der Waals surface area contributed by atoms with Crippen molar-refractivity contribution >= 4 is 32.4 Å². The second-order valence-corrected chi connectivity index (χ2v) is 9.03. The number of halogens is 1. The summed E-state index contributed by atoms with van der Waals surface area (Å²) in [4.78, 5) is 0. The van der Waals surface area contributed by atoms with Crippen LogP contribution < -0.4 is 4.74 Å². The Morgan fingerprint density at radius 2 is 1.79 bits per heavy atom. The molecule has 140 valence electrons. The lowest BCUT2D eigenvalue weighted by Crippen LogP contribution is -2.51. The number of rotatable bonds is 1. The fourth-order valence-electron chi connectivity index (χ4n) is 5.05. The van der Waals surface area contributed by atoms with Crippen LogP contribution >= 0.6 is 15.9 Å². The molecule has 0 saturated heterocycles. The molecule has 1 spiro atoms. The van der Waals surface area contributed by atoms with Crippen molar-refractivity contribution in [3.63, 3.8) is 0 Å². The summed E-state index contributed by atoms with van der Waals surface area (Å²) in [6, 6.07) is 21.9. The van der Waals surface area contributed by atoms with Crippen molar-refractivity contribution in [1.82, 2.24) is 5.01 Å². The molecule has 3 aromatic carbocycles. The molecule has 4 heteroatoms. The van der Waals surface area contributed by atoms with Gasteiger partial charge in [0, 0.05) is 29.3 Å². The van der Waals surface area contributed by atoms with Gasteiger partial charge in [0.05, 0.1) is 11.8 Å². The van der Waals surface area contributed by atoms with E-state index >= 15 is 0 Å². The van der Waals surface area contributed by atoms with Gasteiger partial charge in [-0.1, -0.05) is 52.3 Å². The minimum atomic E-state index is -0.274. The molecule has 0 N–H and O–H groups in total. The molecular formula is C24H21BrN2O. The standard InChI is InChI=1S/C24H21BrN2O/c25-19-9-10-23-20(14-19)22-15-21(26-27(22)24(28-23)11-3-4-12-24)18-8-7-16-5-1-2-6-17(16)13-18/h1-2,5-10,13-14,22H,3-4,11-12,15H2/t22-/m1/s1. The number of nitrogens with zero attached hydrogens (tertiary/aromatic N) is 2. The van der Waals surface area contributed by atoms with Crippen molar-refractivity contribution < 1.29 is 4.74 Å². The molecule has 3 aliphatic rings. The number of hydrogen-bond acceptors (Lipinski definition) is 3. The van der Waals surface area contributed by atoms with Crippen molar-refractivity contribution in [2.45, 2.75) is 43.9 Å². The summed E-state index contributed by atoms with van der Waals surface area (Å²) in [6.07, 6.45) is 5.43. The third-order valence-corrected chi connectivity index (χ3v) is 6.92. The average molecular weight is 433 g/mol. The SMILES string of the molecule is Brc1ccc2c(c1)[C@H]1CC(c3ccc4ccccc4c3)=NN1C1(CCCC1)O2. The van der Waals surface area contributed by atoms with Crippen LogP contribution in [0.4, 0.5) is 0 Å². The molecule has 6 rings (SSSR count). The number of hydrogen-bond donors (Lipinski definition) is 0. The Balaban J connectivity index is 1.46. The molecule has 2 heterocycles. The van der Waals surface area contributed by atoms with E-state index < -0.39 is 0 Å². The average Bonchev–Trinajstić information content (AvgIpc) is 3.37. The van der Waals surface area contributed by atoms with Crippen molar-refractivity contribution in [3.8, 4) is 5.75 Å². The van der Waals surface area contributed by atoms with E-state index in [9.17, 15) is 0 Å². The van der Waals surface area contributed by atoms with Crippen LogP contribution in [-0.4, -0.2) is 16.4 Å². The zero-order valence-corrected chi connectivity index (χ0v) is 17.2. The van der Waals surface area contributed by atoms with Crippen molar-refractivity contribution in [3.05, 3.63) is 76.3 Å². The van der Waals surface area contributed by atoms with E-state index in [0.717, 1.165) is 29.5 Å². The van der Waals surface area contributed by atoms with Gasteiger partial charge in [-0.25, -0.2) is 5.01 Å². The van der Waals surface area contributed by atoms with Gasteiger partial charge in [0.25, 0.3) is 0 Å². The molecule has 1 atom stereocenters. The molecular weight excluding hydrogens is 412 g/mol. The first-order chi connectivity index (χ1) is 13.7. The quantitative estimate of drug-likeness (QED) is 0.443. The summed E-state index contributed by atoms with van der Waals surface area (Å²) in [5.41, 5.74) is 3.35. The van der Waals surface area contributed by atoms with Gasteiger partial charge in [0.1, 0.15) is 5.75 Å². The first-order valence-corrected chi connectivity index (χ1v) is 10.9. The highest BCUT2D eigenvalue weighted by atomic mass is 79.9. The maximum atomic E-state index is 6.60. The number of hydrazone groups is 1. The van der Waals surface area contributed by atoms with Gasteiger partial charge >= 0.3 is 0 Å². The molecule has 1 saturated carbocycles. The number of fused-ring (bicyclic) bond motifs is 5. The Kier molecular flexibility index (Phi) is 3.61. The largest absolute Gasteiger partial charge is 0.466 e. The number of benzene rings is 3. The van der Waals surface area contributed by atoms with Crippen molar-refractivity contribution in [2.24, 2.45) is 5.10 Å². The zero-order chi connectivity index (χ0) is 18.7. The Bertz CT molecular complexity index is 1120. The predicted molar refractivity (Wildman–Crippen MR) is 116 cm³/mol. The Morgan fingerprint density at radius 1 is 0.964 bits per heavy atom. The number of ether oxygens (including phenoxy) is 1. The van der Waals surface area contributed by atoms with Crippen LogP contribution in [-0.2, 0) is 0 Å². The third-order valence-electron chi connectivity index (χ3n) is 6.43. The first kappa shape index (κ1) is 16.6. The maximum absolute atomic E-state index is 6.60. The minimum Gasteiger partial charge on any atom is -0.466 e. The van der Waals surface area contributed by atoms with Crippen LogP contribution in [0.1, 0.15) is 49.3 Å². The Hall–Kier alpha value is -2.33. The molecule has 1 aliphatic carbocycles. The minimum absolute atomic E-state index is 0.251. The van der Waals surface area contributed by atoms with Crippen LogP contribution in [0, 0.1) is 0 Å². The molecule has 0 amide bonds. The summed E-state index contributed by atoms with van der Waals surface area (Å²) in [5.74, 6) is 1.03. The van der Waals surface area contributed by atoms with Gasteiger partial charge in [-0.05, 0) is 53.4 Å². The molecule has 0 bridgehead atoms. The lowest BCUT2D eigenvalue weighted by atomic mass is 9.93. The first-order valence-electron chi connectivity index (χ1n) is 10.1. The molecule has 3 nitrogen and oxygen atoms in total. The van der Waals surface area contributed by atoms with Gasteiger partial charge in [-0.2, -0.15) is 5.10 Å². The van der Waals surface area contributed by atoms with Crippen LogP contribution in [0.5, 0.6) is 5.75 Å². The van der Waals surface area contributed by atoms with E-state index in [1.807, 2.05) is 0 Å². The lowest BCUT2D eigenvalue weighted by molar-refractivity contribution is -0.114. The fraction of sp³-hybridized carbons (Fsp3) is 0.292. The molecule has 3 aromatic rings. The molecule has 28 heavy (non-hydrogen) atoms. The molecule has 0 unspecified atom stereocenters. The Labute approximate surface area is 173 Å². The second-order valence-electron chi connectivity index (χ2n) is 8.11. The highest BCUT2D eigenvalue weighted by Crippen LogP contribution is 2.52. The van der Waals surface area contributed by atoms with Crippen LogP contribution in [0.3, 0.4) is 0 Å². The topological polar surface area (TPSA) is 24.8 Å². The Morgan fingerprint density at radius 3 is 2.64 bits per heavy atom. The van der Waals surface area contributed by atoms with E-state index in [1.165, 1.54) is 40.5 Å². The van der Waals surface area contributed by atoms with Gasteiger partial charge in [0.2, 0.25) is 0 Å². The predicted octanol–water partition coefficient (Wildman–Crippen LogP) is 6.42. The normalized spacial score (nSPS) is 22.1. The highest BCUT2D eigenvalue weighted by molar-refractivity contribution is 9.10. The summed E-state index contributed by atoms with van der Waals surface area (Å²) < 4.78 is 7.70. The summed E-state index contributed by atoms with van der Waals surface area (Å²) in [7, 11) is 0. The van der Waals surface area contributed by atoms with Crippen LogP contribution in [0.2, 0.25) is 0 Å². The molecule has 0 aromatic heterocycles. The molecule has 1 fully saturated rings. The summed E-state index contributed by atoms with van der Waals surface area (Å²) in [6.45, 7) is 0. The van der Waals surface area contributed by atoms with Crippen molar-refractivity contribution in [2.75, 3.05) is 0 Å². The summed E-state index contributed by atoms with van der Waals surface area (Å²) >= 11 is 3.64. The maximum Gasteiger partial charge on any atom is 0.198 e. The monoisotopic (exact) mass is 432 g/mol. The van der Waals surface area contributed by atoms with Gasteiger partial charge in [0.15, 0.2) is 5.72 Å². The zero-order valence-electron chi connectivity index (χ0n) is 15.6. The van der Waals surface area contributed by atoms with Gasteiger partial charge in [-0.3, -0.25) is 0 Å². The van der Waals surface area contributed by atoms with Crippen LogP contribution in [0.15, 0.2) is 70.2 Å². The molecule has 2 aliphatic heterocycles. The van der Waals surface area contributed by atoms with E-state index in [0.29, 0.717) is 0 Å². The van der Waals surface area contributed by atoms with E-state index in [-0.39, 0.29) is 11.8 Å². The van der Waals surface area contributed by atoms with E-state index in [1.54, 1.807) is 0 Å².